The van der Waals surface area contributed by atoms with Gasteiger partial charge in [0.2, 0.25) is 0 Å². The molecule has 184 valence electrons. The lowest BCUT2D eigenvalue weighted by Gasteiger charge is -2.23. The Hall–Kier alpha value is -3.10. The van der Waals surface area contributed by atoms with Crippen LogP contribution in [-0.4, -0.2) is 27.8 Å². The number of hydrogen-bond donors (Lipinski definition) is 1. The van der Waals surface area contributed by atoms with Crippen molar-refractivity contribution >= 4 is 22.5 Å². The molecule has 2 heterocycles. The highest BCUT2D eigenvalue weighted by Crippen LogP contribution is 2.35. The molecule has 1 N–H and O–H groups in total. The van der Waals surface area contributed by atoms with E-state index in [4.69, 9.17) is 9.84 Å². The normalized spacial score (nSPS) is 14.4. The molecule has 1 amide bonds. The maximum atomic E-state index is 12.9. The quantitative estimate of drug-likeness (QED) is 0.443. The molecule has 1 aliphatic carbocycles. The van der Waals surface area contributed by atoms with Crippen LogP contribution in [0.3, 0.4) is 0 Å². The number of anilines is 1. The molecule has 4 rings (SSSR count). The molecule has 0 aliphatic heterocycles. The summed E-state index contributed by atoms with van der Waals surface area (Å²) in [4.78, 5) is 16.1. The van der Waals surface area contributed by atoms with Crippen molar-refractivity contribution in [3.63, 3.8) is 0 Å². The molecule has 3 aromatic rings. The van der Waals surface area contributed by atoms with Crippen LogP contribution in [0.1, 0.15) is 80.3 Å². The molecule has 2 aromatic heterocycles. The Morgan fingerprint density at radius 1 is 1.18 bits per heavy atom. The molecule has 1 aliphatic rings. The fraction of sp³-hybridized carbons (Fsp3) is 0.480. The van der Waals surface area contributed by atoms with E-state index >= 15 is 0 Å². The van der Waals surface area contributed by atoms with Gasteiger partial charge >= 0.3 is 6.18 Å². The molecule has 9 heteroatoms. The topological polar surface area (TPSA) is 69.0 Å². The van der Waals surface area contributed by atoms with Crippen molar-refractivity contribution in [2.24, 2.45) is 0 Å². The van der Waals surface area contributed by atoms with Crippen molar-refractivity contribution in [2.75, 3.05) is 12.4 Å². The van der Waals surface area contributed by atoms with Crippen molar-refractivity contribution < 1.29 is 22.7 Å². The number of carbonyl (C=O) groups excluding carboxylic acids is 1. The summed E-state index contributed by atoms with van der Waals surface area (Å²) in [6, 6.07) is 7.05. The van der Waals surface area contributed by atoms with E-state index in [1.807, 2.05) is 11.6 Å². The zero-order chi connectivity index (χ0) is 24.9. The summed E-state index contributed by atoms with van der Waals surface area (Å²) < 4.78 is 46.2. The first kappa shape index (κ1) is 25.5. The van der Waals surface area contributed by atoms with Gasteiger partial charge in [-0.3, -0.25) is 9.48 Å². The summed E-state index contributed by atoms with van der Waals surface area (Å²) in [5.74, 6) is -0.373. The predicted molar refractivity (Wildman–Crippen MR) is 126 cm³/mol. The fourth-order valence-electron chi connectivity index (χ4n) is 4.11. The molecule has 0 radical (unpaired) electrons. The van der Waals surface area contributed by atoms with Crippen LogP contribution in [0.15, 0.2) is 30.3 Å². The number of halogens is 3. The standard InChI is InChI=1S/C22H23F3N4O2.C3H8/c1-13-15-11-18(27-21(30)16-9-6-10-20(26-16)22(23,24)25)19(31-2)12-17(15)28-29(13)14-7-4-3-5-8-14;1-3-2/h6,9-12,14H,3-5,7-8H2,1-2H3,(H,27,30);3H2,1-2H3. The molecule has 0 spiro atoms. The number of carbonyl (C=O) groups is 1. The Morgan fingerprint density at radius 3 is 2.47 bits per heavy atom. The number of amides is 1. The minimum Gasteiger partial charge on any atom is -0.494 e. The van der Waals surface area contributed by atoms with Crippen LogP contribution in [0.2, 0.25) is 0 Å². The average Bonchev–Trinajstić information content (AvgIpc) is 3.14. The van der Waals surface area contributed by atoms with Crippen LogP contribution in [0, 0.1) is 6.92 Å². The second-order valence-corrected chi connectivity index (χ2v) is 8.46. The largest absolute Gasteiger partial charge is 0.494 e. The molecule has 0 bridgehead atoms. The van der Waals surface area contributed by atoms with Gasteiger partial charge in [-0.2, -0.15) is 18.3 Å². The van der Waals surface area contributed by atoms with E-state index in [2.05, 4.69) is 24.1 Å². The van der Waals surface area contributed by atoms with E-state index in [0.29, 0.717) is 17.5 Å². The maximum Gasteiger partial charge on any atom is 0.433 e. The van der Waals surface area contributed by atoms with Crippen molar-refractivity contribution in [1.29, 1.82) is 0 Å². The van der Waals surface area contributed by atoms with Gasteiger partial charge in [0.05, 0.1) is 24.4 Å². The number of benzene rings is 1. The Morgan fingerprint density at radius 2 is 1.85 bits per heavy atom. The molecule has 1 aromatic carbocycles. The lowest BCUT2D eigenvalue weighted by Crippen LogP contribution is -2.17. The van der Waals surface area contributed by atoms with Gasteiger partial charge in [-0.1, -0.05) is 45.6 Å². The Labute approximate surface area is 197 Å². The minimum absolute atomic E-state index is 0.327. The number of rotatable bonds is 4. The summed E-state index contributed by atoms with van der Waals surface area (Å²) in [6.45, 7) is 6.23. The third-order valence-electron chi connectivity index (χ3n) is 5.71. The van der Waals surface area contributed by atoms with E-state index in [1.54, 1.807) is 12.1 Å². The Balaban J connectivity index is 0.00000103. The average molecular weight is 477 g/mol. The molecule has 1 fully saturated rings. The molecule has 34 heavy (non-hydrogen) atoms. The van der Waals surface area contributed by atoms with Gasteiger partial charge < -0.3 is 10.1 Å². The predicted octanol–water partition coefficient (Wildman–Crippen LogP) is 6.94. The third kappa shape index (κ3) is 5.69. The van der Waals surface area contributed by atoms with Gasteiger partial charge in [-0.05, 0) is 38.0 Å². The van der Waals surface area contributed by atoms with Gasteiger partial charge in [-0.15, -0.1) is 0 Å². The van der Waals surface area contributed by atoms with E-state index in [0.717, 1.165) is 41.6 Å². The number of aryl methyl sites for hydroxylation is 1. The van der Waals surface area contributed by atoms with Crippen LogP contribution in [0.4, 0.5) is 18.9 Å². The molecule has 0 atom stereocenters. The second kappa shape index (κ2) is 10.9. The van der Waals surface area contributed by atoms with Gasteiger partial charge in [0.15, 0.2) is 0 Å². The van der Waals surface area contributed by atoms with E-state index in [1.165, 1.54) is 38.9 Å². The Bertz CT molecular complexity index is 1140. The Kier molecular flexibility index (Phi) is 8.17. The summed E-state index contributed by atoms with van der Waals surface area (Å²) in [7, 11) is 1.46. The van der Waals surface area contributed by atoms with Crippen LogP contribution in [-0.2, 0) is 6.18 Å². The van der Waals surface area contributed by atoms with Gasteiger partial charge in [0.1, 0.15) is 17.1 Å². The van der Waals surface area contributed by atoms with E-state index in [-0.39, 0.29) is 5.69 Å². The number of methoxy groups -OCH3 is 1. The third-order valence-corrected chi connectivity index (χ3v) is 5.71. The van der Waals surface area contributed by atoms with Crippen LogP contribution >= 0.6 is 0 Å². The second-order valence-electron chi connectivity index (χ2n) is 8.46. The molecule has 0 saturated heterocycles. The highest BCUT2D eigenvalue weighted by molar-refractivity contribution is 6.05. The van der Waals surface area contributed by atoms with Crippen molar-refractivity contribution in [3.05, 3.63) is 47.4 Å². The lowest BCUT2D eigenvalue weighted by atomic mass is 9.95. The van der Waals surface area contributed by atoms with Crippen molar-refractivity contribution in [3.8, 4) is 5.75 Å². The number of fused-ring (bicyclic) bond motifs is 1. The van der Waals surface area contributed by atoms with E-state index < -0.39 is 17.8 Å². The van der Waals surface area contributed by atoms with Crippen LogP contribution in [0.25, 0.3) is 10.9 Å². The zero-order valence-corrected chi connectivity index (χ0v) is 20.0. The van der Waals surface area contributed by atoms with Gasteiger partial charge in [0.25, 0.3) is 5.91 Å². The minimum atomic E-state index is -4.63. The summed E-state index contributed by atoms with van der Waals surface area (Å²) in [5, 5.41) is 8.24. The van der Waals surface area contributed by atoms with Gasteiger partial charge in [0, 0.05) is 17.1 Å². The molecular weight excluding hydrogens is 445 g/mol. The van der Waals surface area contributed by atoms with Crippen LogP contribution < -0.4 is 10.1 Å². The first-order valence-electron chi connectivity index (χ1n) is 11.6. The zero-order valence-electron chi connectivity index (χ0n) is 20.0. The fourth-order valence-corrected chi connectivity index (χ4v) is 4.11. The molecular formula is C25H31F3N4O2. The molecule has 0 unspecified atom stereocenters. The van der Waals surface area contributed by atoms with Crippen molar-refractivity contribution in [1.82, 2.24) is 14.8 Å². The van der Waals surface area contributed by atoms with E-state index in [9.17, 15) is 18.0 Å². The summed E-state index contributed by atoms with van der Waals surface area (Å²) in [6.07, 6.45) is 2.37. The monoisotopic (exact) mass is 476 g/mol. The highest BCUT2D eigenvalue weighted by Gasteiger charge is 2.33. The lowest BCUT2D eigenvalue weighted by molar-refractivity contribution is -0.141. The van der Waals surface area contributed by atoms with Crippen LogP contribution in [0.5, 0.6) is 5.75 Å². The van der Waals surface area contributed by atoms with Gasteiger partial charge in [-0.25, -0.2) is 4.98 Å². The number of aromatic nitrogens is 3. The number of nitrogens with one attached hydrogen (secondary N) is 1. The number of ether oxygens (including phenoxy) is 1. The number of hydrogen-bond acceptors (Lipinski definition) is 4. The SMILES string of the molecule is CCC.COc1cc2nn(C3CCCCC3)c(C)c2cc1NC(=O)c1cccc(C(F)(F)F)n1. The smallest absolute Gasteiger partial charge is 0.433 e. The maximum absolute atomic E-state index is 12.9. The molecule has 6 nitrogen and oxygen atoms in total. The number of pyridine rings is 1. The number of alkyl halides is 3. The summed E-state index contributed by atoms with van der Waals surface area (Å²) >= 11 is 0. The first-order chi connectivity index (χ1) is 16.2. The van der Waals surface area contributed by atoms with Crippen molar-refractivity contribution in [2.45, 2.75) is 71.5 Å². The summed E-state index contributed by atoms with van der Waals surface area (Å²) in [5.41, 5.74) is 0.636. The highest BCUT2D eigenvalue weighted by atomic mass is 19.4. The first-order valence-corrected chi connectivity index (χ1v) is 11.6. The molecule has 1 saturated carbocycles. The number of nitrogens with zero attached hydrogens (tertiary/aromatic N) is 3.